The van der Waals surface area contributed by atoms with E-state index in [0.29, 0.717) is 11.6 Å². The Hall–Kier alpha value is -2.27. The van der Waals surface area contributed by atoms with Crippen LogP contribution in [0.1, 0.15) is 27.9 Å². The summed E-state index contributed by atoms with van der Waals surface area (Å²) in [6, 6.07) is 6.49. The van der Waals surface area contributed by atoms with Crippen LogP contribution in [0, 0.1) is 12.8 Å². The van der Waals surface area contributed by atoms with E-state index in [0.717, 1.165) is 44.1 Å². The van der Waals surface area contributed by atoms with Crippen LogP contribution in [-0.2, 0) is 6.54 Å². The van der Waals surface area contributed by atoms with Crippen LogP contribution in [0.2, 0.25) is 0 Å². The maximum Gasteiger partial charge on any atom is 0.255 e. The number of piperidine rings is 1. The number of rotatable bonds is 3. The van der Waals surface area contributed by atoms with Gasteiger partial charge in [0.1, 0.15) is 0 Å². The van der Waals surface area contributed by atoms with E-state index in [1.807, 2.05) is 30.2 Å². The third kappa shape index (κ3) is 2.91. The van der Waals surface area contributed by atoms with Crippen LogP contribution < -0.4 is 0 Å². The van der Waals surface area contributed by atoms with Crippen LogP contribution in [-0.4, -0.2) is 51.4 Å². The molecule has 5 heteroatoms. The minimum absolute atomic E-state index is 0.109. The Labute approximate surface area is 142 Å². The quantitative estimate of drug-likeness (QED) is 0.869. The van der Waals surface area contributed by atoms with Gasteiger partial charge in [0.2, 0.25) is 0 Å². The maximum absolute atomic E-state index is 12.8. The van der Waals surface area contributed by atoms with Gasteiger partial charge < -0.3 is 4.90 Å². The molecule has 0 aromatic carbocycles. The Kier molecular flexibility index (Phi) is 4.02. The average molecular weight is 322 g/mol. The van der Waals surface area contributed by atoms with Crippen molar-refractivity contribution in [2.24, 2.45) is 5.92 Å². The lowest BCUT2D eigenvalue weighted by atomic mass is 9.82. The van der Waals surface area contributed by atoms with Gasteiger partial charge in [0, 0.05) is 57.0 Å². The number of likely N-dealkylation sites (tertiary alicyclic amines) is 2. The van der Waals surface area contributed by atoms with E-state index >= 15 is 0 Å². The van der Waals surface area contributed by atoms with E-state index in [9.17, 15) is 4.79 Å². The number of aromatic nitrogens is 2. The van der Waals surface area contributed by atoms with E-state index in [1.165, 1.54) is 5.56 Å². The van der Waals surface area contributed by atoms with Crippen LogP contribution in [0.4, 0.5) is 0 Å². The predicted octanol–water partition coefficient (Wildman–Crippen LogP) is 2.13. The highest BCUT2D eigenvalue weighted by molar-refractivity contribution is 5.94. The SMILES string of the molecule is Cc1cncc(C(=O)N2CC[C@@H]3CN(Cc4cccnc4)[C@@H]3C2)c1. The molecular formula is C19H22N4O. The fraction of sp³-hybridized carbons (Fsp3) is 0.421. The lowest BCUT2D eigenvalue weighted by Gasteiger charge is -2.53. The van der Waals surface area contributed by atoms with Gasteiger partial charge >= 0.3 is 0 Å². The molecule has 2 atom stereocenters. The van der Waals surface area contributed by atoms with Gasteiger partial charge in [-0.3, -0.25) is 19.7 Å². The van der Waals surface area contributed by atoms with Crippen LogP contribution in [0.3, 0.4) is 0 Å². The van der Waals surface area contributed by atoms with Crippen molar-refractivity contribution in [3.63, 3.8) is 0 Å². The molecule has 2 aliphatic rings. The van der Waals surface area contributed by atoms with Gasteiger partial charge in [-0.1, -0.05) is 6.07 Å². The second-order valence-corrected chi connectivity index (χ2v) is 6.91. The van der Waals surface area contributed by atoms with E-state index in [-0.39, 0.29) is 5.91 Å². The predicted molar refractivity (Wildman–Crippen MR) is 91.4 cm³/mol. The zero-order valence-electron chi connectivity index (χ0n) is 13.9. The highest BCUT2D eigenvalue weighted by Gasteiger charge is 2.43. The molecule has 0 spiro atoms. The summed E-state index contributed by atoms with van der Waals surface area (Å²) in [5.74, 6) is 0.833. The summed E-state index contributed by atoms with van der Waals surface area (Å²) >= 11 is 0. The van der Waals surface area contributed by atoms with Crippen molar-refractivity contribution in [3.05, 3.63) is 59.7 Å². The number of nitrogens with zero attached hydrogens (tertiary/aromatic N) is 4. The van der Waals surface area contributed by atoms with Gasteiger partial charge in [-0.2, -0.15) is 0 Å². The average Bonchev–Trinajstić information content (AvgIpc) is 2.60. The molecule has 0 saturated carbocycles. The maximum atomic E-state index is 12.8. The molecular weight excluding hydrogens is 300 g/mol. The highest BCUT2D eigenvalue weighted by atomic mass is 16.2. The lowest BCUT2D eigenvalue weighted by molar-refractivity contribution is -0.0428. The van der Waals surface area contributed by atoms with Gasteiger partial charge in [-0.25, -0.2) is 0 Å². The fourth-order valence-electron chi connectivity index (χ4n) is 3.85. The standard InChI is InChI=1S/C19H22N4O/c1-14-7-17(10-21-8-14)19(24)22-6-4-16-12-23(18(16)13-22)11-15-3-2-5-20-9-15/h2-3,5,7-10,16,18H,4,6,11-13H2,1H3/t16-,18-/m1/s1. The third-order valence-electron chi connectivity index (χ3n) is 5.18. The van der Waals surface area contributed by atoms with E-state index in [1.54, 1.807) is 18.6 Å². The molecule has 2 saturated heterocycles. The van der Waals surface area contributed by atoms with Crippen LogP contribution in [0.5, 0.6) is 0 Å². The molecule has 5 nitrogen and oxygen atoms in total. The van der Waals surface area contributed by atoms with Gasteiger partial charge in [-0.05, 0) is 42.5 Å². The number of carbonyl (C=O) groups excluding carboxylic acids is 1. The van der Waals surface area contributed by atoms with E-state index in [4.69, 9.17) is 0 Å². The topological polar surface area (TPSA) is 49.3 Å². The summed E-state index contributed by atoms with van der Waals surface area (Å²) in [6.07, 6.45) is 8.29. The Balaban J connectivity index is 1.42. The third-order valence-corrected chi connectivity index (χ3v) is 5.18. The van der Waals surface area contributed by atoms with Crippen molar-refractivity contribution in [3.8, 4) is 0 Å². The van der Waals surface area contributed by atoms with Gasteiger partial charge in [0.15, 0.2) is 0 Å². The normalized spacial score (nSPS) is 23.5. The molecule has 0 unspecified atom stereocenters. The van der Waals surface area contributed by atoms with Crippen LogP contribution >= 0.6 is 0 Å². The van der Waals surface area contributed by atoms with Crippen molar-refractivity contribution in [2.45, 2.75) is 25.9 Å². The van der Waals surface area contributed by atoms with Crippen molar-refractivity contribution < 1.29 is 4.79 Å². The molecule has 124 valence electrons. The van der Waals surface area contributed by atoms with Crippen LogP contribution in [0.15, 0.2) is 43.0 Å². The number of amides is 1. The molecule has 2 fully saturated rings. The minimum Gasteiger partial charge on any atom is -0.337 e. The Bertz CT molecular complexity index is 733. The second-order valence-electron chi connectivity index (χ2n) is 6.91. The zero-order valence-corrected chi connectivity index (χ0v) is 13.9. The summed E-state index contributed by atoms with van der Waals surface area (Å²) < 4.78 is 0. The monoisotopic (exact) mass is 322 g/mol. The first-order valence-electron chi connectivity index (χ1n) is 8.54. The highest BCUT2D eigenvalue weighted by Crippen LogP contribution is 2.34. The summed E-state index contributed by atoms with van der Waals surface area (Å²) in [5.41, 5.74) is 2.96. The smallest absolute Gasteiger partial charge is 0.255 e. The van der Waals surface area contributed by atoms with Crippen LogP contribution in [0.25, 0.3) is 0 Å². The molecule has 24 heavy (non-hydrogen) atoms. The molecule has 0 radical (unpaired) electrons. The number of carbonyl (C=O) groups is 1. The summed E-state index contributed by atoms with van der Waals surface area (Å²) in [5, 5.41) is 0. The summed E-state index contributed by atoms with van der Waals surface area (Å²) in [6.45, 7) is 5.70. The molecule has 4 heterocycles. The molecule has 0 bridgehead atoms. The number of pyridine rings is 2. The van der Waals surface area contributed by atoms with Gasteiger partial charge in [0.25, 0.3) is 5.91 Å². The molecule has 2 aromatic rings. The van der Waals surface area contributed by atoms with E-state index in [2.05, 4.69) is 20.9 Å². The Morgan fingerprint density at radius 3 is 2.96 bits per heavy atom. The first-order chi connectivity index (χ1) is 11.7. The Morgan fingerprint density at radius 2 is 2.17 bits per heavy atom. The largest absolute Gasteiger partial charge is 0.337 e. The van der Waals surface area contributed by atoms with Crippen molar-refractivity contribution >= 4 is 5.91 Å². The molecule has 2 aromatic heterocycles. The van der Waals surface area contributed by atoms with Crippen molar-refractivity contribution in [1.82, 2.24) is 19.8 Å². The zero-order chi connectivity index (χ0) is 16.5. The molecule has 2 aliphatic heterocycles. The molecule has 0 aliphatic carbocycles. The number of hydrogen-bond donors (Lipinski definition) is 0. The van der Waals surface area contributed by atoms with Gasteiger partial charge in [-0.15, -0.1) is 0 Å². The molecule has 4 rings (SSSR count). The molecule has 0 N–H and O–H groups in total. The summed E-state index contributed by atoms with van der Waals surface area (Å²) in [7, 11) is 0. The van der Waals surface area contributed by atoms with Crippen molar-refractivity contribution in [2.75, 3.05) is 19.6 Å². The van der Waals surface area contributed by atoms with E-state index < -0.39 is 0 Å². The summed E-state index contributed by atoms with van der Waals surface area (Å²) in [4.78, 5) is 25.6. The number of fused-ring (bicyclic) bond motifs is 1. The lowest BCUT2D eigenvalue weighted by Crippen LogP contribution is -2.64. The fourth-order valence-corrected chi connectivity index (χ4v) is 3.85. The first kappa shape index (κ1) is 15.3. The van der Waals surface area contributed by atoms with Gasteiger partial charge in [0.05, 0.1) is 5.56 Å². The van der Waals surface area contributed by atoms with Crippen molar-refractivity contribution in [1.29, 1.82) is 0 Å². The minimum atomic E-state index is 0.109. The Morgan fingerprint density at radius 1 is 1.25 bits per heavy atom. The molecule has 1 amide bonds. The second kappa shape index (κ2) is 6.32. The number of aryl methyl sites for hydroxylation is 1. The number of hydrogen-bond acceptors (Lipinski definition) is 4. The first-order valence-corrected chi connectivity index (χ1v) is 8.54.